The summed E-state index contributed by atoms with van der Waals surface area (Å²) < 4.78 is 26.4. The summed E-state index contributed by atoms with van der Waals surface area (Å²) in [6, 6.07) is 9.97. The van der Waals surface area contributed by atoms with Gasteiger partial charge in [0.05, 0.1) is 12.0 Å². The maximum absolute atomic E-state index is 10.9. The minimum atomic E-state index is -3.54. The van der Waals surface area contributed by atoms with Crippen molar-refractivity contribution in [3.05, 3.63) is 48.6 Å². The second kappa shape index (κ2) is 7.74. The molecule has 0 heterocycles. The van der Waals surface area contributed by atoms with Crippen molar-refractivity contribution in [3.63, 3.8) is 0 Å². The minimum Gasteiger partial charge on any atom is -0.269 e. The predicted molar refractivity (Wildman–Crippen MR) is 77.6 cm³/mol. The minimum absolute atomic E-state index is 0.659. The number of allylic oxidation sites excluding steroid dienone is 1. The number of benzene rings is 1. The van der Waals surface area contributed by atoms with E-state index in [-0.39, 0.29) is 0 Å². The monoisotopic (exact) mass is 281 g/mol. The van der Waals surface area contributed by atoms with E-state index in [9.17, 15) is 8.42 Å². The van der Waals surface area contributed by atoms with Crippen molar-refractivity contribution in [2.75, 3.05) is 6.26 Å². The average Bonchev–Trinajstić information content (AvgIpc) is 2.38. The number of hydrogen-bond acceptors (Lipinski definition) is 4. The average molecular weight is 281 g/mol. The molecule has 0 atom stereocenters. The predicted octanol–water partition coefficient (Wildman–Crippen LogP) is 2.92. The highest BCUT2D eigenvalue weighted by Crippen LogP contribution is 2.08. The second-order valence-electron chi connectivity index (χ2n) is 4.25. The third-order valence-electron chi connectivity index (χ3n) is 2.48. The Labute approximate surface area is 114 Å². The van der Waals surface area contributed by atoms with E-state index in [0.29, 0.717) is 12.8 Å². The highest BCUT2D eigenvalue weighted by Gasteiger charge is 2.05. The molecule has 4 nitrogen and oxygen atoms in total. The summed E-state index contributed by atoms with van der Waals surface area (Å²) in [5, 5.41) is 3.73. The molecule has 0 aliphatic rings. The number of nitrogens with zero attached hydrogens (tertiary/aromatic N) is 1. The molecule has 0 bridgehead atoms. The number of oxime groups is 1. The van der Waals surface area contributed by atoms with Gasteiger partial charge in [-0.3, -0.25) is 4.28 Å². The molecule has 0 aromatic heterocycles. The van der Waals surface area contributed by atoms with Crippen LogP contribution in [0.3, 0.4) is 0 Å². The van der Waals surface area contributed by atoms with Crippen molar-refractivity contribution in [2.45, 2.75) is 25.7 Å². The van der Waals surface area contributed by atoms with Crippen molar-refractivity contribution < 1.29 is 12.7 Å². The van der Waals surface area contributed by atoms with Crippen molar-refractivity contribution in [1.82, 2.24) is 0 Å². The topological polar surface area (TPSA) is 55.7 Å². The third-order valence-corrected chi connectivity index (χ3v) is 2.83. The van der Waals surface area contributed by atoms with Crippen molar-refractivity contribution >= 4 is 15.8 Å². The van der Waals surface area contributed by atoms with Gasteiger partial charge in [0, 0.05) is 0 Å². The van der Waals surface area contributed by atoms with E-state index in [0.717, 1.165) is 24.8 Å². The SMILES string of the molecule is C=CCC/C(CCc1ccccc1)=N\OS(C)(=O)=O. The molecule has 104 valence electrons. The standard InChI is InChI=1S/C14H19NO3S/c1-3-4-10-14(15-18-19(2,16)17)12-11-13-8-6-5-7-9-13/h3,5-9H,1,4,10-12H2,2H3/b15-14+. The maximum Gasteiger partial charge on any atom is 0.325 e. The fourth-order valence-electron chi connectivity index (χ4n) is 1.54. The summed E-state index contributed by atoms with van der Waals surface area (Å²) in [7, 11) is -3.54. The molecule has 0 unspecified atom stereocenters. The molecule has 0 N–H and O–H groups in total. The van der Waals surface area contributed by atoms with Gasteiger partial charge in [0.1, 0.15) is 0 Å². The molecule has 0 radical (unpaired) electrons. The van der Waals surface area contributed by atoms with E-state index in [1.54, 1.807) is 6.08 Å². The van der Waals surface area contributed by atoms with Crippen LogP contribution in [-0.2, 0) is 20.8 Å². The molecule has 19 heavy (non-hydrogen) atoms. The Morgan fingerprint density at radius 1 is 1.32 bits per heavy atom. The normalized spacial score (nSPS) is 12.2. The van der Waals surface area contributed by atoms with Crippen LogP contribution in [0.15, 0.2) is 48.1 Å². The lowest BCUT2D eigenvalue weighted by Crippen LogP contribution is -2.05. The molecule has 0 amide bonds. The summed E-state index contributed by atoms with van der Waals surface area (Å²) in [5.74, 6) is 0. The molecule has 0 aliphatic heterocycles. The van der Waals surface area contributed by atoms with E-state index in [1.807, 2.05) is 30.3 Å². The summed E-state index contributed by atoms with van der Waals surface area (Å²) in [6.45, 7) is 3.65. The first kappa shape index (κ1) is 15.4. The van der Waals surface area contributed by atoms with Crippen LogP contribution in [0.2, 0.25) is 0 Å². The Hall–Kier alpha value is -1.62. The number of hydrogen-bond donors (Lipinski definition) is 0. The van der Waals surface area contributed by atoms with Crippen LogP contribution in [0.4, 0.5) is 0 Å². The number of rotatable bonds is 8. The Morgan fingerprint density at radius 2 is 2.00 bits per heavy atom. The van der Waals surface area contributed by atoms with Crippen LogP contribution >= 0.6 is 0 Å². The first-order valence-electron chi connectivity index (χ1n) is 6.10. The quantitative estimate of drug-likeness (QED) is 0.418. The van der Waals surface area contributed by atoms with E-state index in [1.165, 1.54) is 5.56 Å². The first-order valence-corrected chi connectivity index (χ1v) is 7.92. The Bertz CT molecular complexity index is 521. The first-order chi connectivity index (χ1) is 9.01. The smallest absolute Gasteiger partial charge is 0.269 e. The lowest BCUT2D eigenvalue weighted by Gasteiger charge is -2.05. The molecule has 1 rings (SSSR count). The second-order valence-corrected chi connectivity index (χ2v) is 5.81. The molecular weight excluding hydrogens is 262 g/mol. The molecular formula is C14H19NO3S. The van der Waals surface area contributed by atoms with Crippen molar-refractivity contribution in [3.8, 4) is 0 Å². The summed E-state index contributed by atoms with van der Waals surface area (Å²) in [5.41, 5.74) is 1.92. The van der Waals surface area contributed by atoms with Crippen LogP contribution in [0.25, 0.3) is 0 Å². The summed E-state index contributed by atoms with van der Waals surface area (Å²) in [4.78, 5) is 0. The molecule has 0 saturated carbocycles. The van der Waals surface area contributed by atoms with Gasteiger partial charge in [0.25, 0.3) is 0 Å². The highest BCUT2D eigenvalue weighted by molar-refractivity contribution is 7.85. The largest absolute Gasteiger partial charge is 0.325 e. The highest BCUT2D eigenvalue weighted by atomic mass is 32.2. The fraction of sp³-hybridized carbons (Fsp3) is 0.357. The Kier molecular flexibility index (Phi) is 6.29. The van der Waals surface area contributed by atoms with E-state index in [2.05, 4.69) is 16.0 Å². The van der Waals surface area contributed by atoms with Gasteiger partial charge in [-0.1, -0.05) is 41.6 Å². The zero-order valence-corrected chi connectivity index (χ0v) is 11.9. The molecule has 0 saturated heterocycles. The Morgan fingerprint density at radius 3 is 2.58 bits per heavy atom. The van der Waals surface area contributed by atoms with E-state index in [4.69, 9.17) is 0 Å². The zero-order valence-electron chi connectivity index (χ0n) is 11.1. The van der Waals surface area contributed by atoms with Gasteiger partial charge in [-0.05, 0) is 31.2 Å². The third kappa shape index (κ3) is 7.41. The molecule has 1 aromatic rings. The van der Waals surface area contributed by atoms with Gasteiger partial charge in [-0.15, -0.1) is 6.58 Å². The van der Waals surface area contributed by atoms with E-state index < -0.39 is 10.1 Å². The molecule has 5 heteroatoms. The lowest BCUT2D eigenvalue weighted by molar-refractivity contribution is 0.340. The maximum atomic E-state index is 10.9. The van der Waals surface area contributed by atoms with Gasteiger partial charge in [0.2, 0.25) is 0 Å². The molecule has 0 spiro atoms. The van der Waals surface area contributed by atoms with Crippen LogP contribution in [-0.4, -0.2) is 20.4 Å². The van der Waals surface area contributed by atoms with Crippen molar-refractivity contribution in [1.29, 1.82) is 0 Å². The molecule has 0 aliphatic carbocycles. The number of aryl methyl sites for hydroxylation is 1. The van der Waals surface area contributed by atoms with E-state index >= 15 is 0 Å². The molecule has 0 fully saturated rings. The van der Waals surface area contributed by atoms with Crippen molar-refractivity contribution in [2.24, 2.45) is 5.16 Å². The van der Waals surface area contributed by atoms with Crippen LogP contribution in [0.1, 0.15) is 24.8 Å². The summed E-state index contributed by atoms with van der Waals surface area (Å²) in [6.07, 6.45) is 5.65. The Balaban J connectivity index is 2.61. The van der Waals surface area contributed by atoms with Gasteiger partial charge < -0.3 is 0 Å². The van der Waals surface area contributed by atoms with Gasteiger partial charge >= 0.3 is 10.1 Å². The lowest BCUT2D eigenvalue weighted by atomic mass is 10.0. The van der Waals surface area contributed by atoms with Gasteiger partial charge in [0.15, 0.2) is 0 Å². The fourth-order valence-corrected chi connectivity index (χ4v) is 1.78. The van der Waals surface area contributed by atoms with Gasteiger partial charge in [-0.25, -0.2) is 0 Å². The van der Waals surface area contributed by atoms with Crippen LogP contribution in [0.5, 0.6) is 0 Å². The summed E-state index contributed by atoms with van der Waals surface area (Å²) >= 11 is 0. The van der Waals surface area contributed by atoms with Gasteiger partial charge in [-0.2, -0.15) is 8.42 Å². The van der Waals surface area contributed by atoms with Crippen LogP contribution < -0.4 is 0 Å². The van der Waals surface area contributed by atoms with Crippen LogP contribution in [0, 0.1) is 0 Å². The molecule has 1 aromatic carbocycles. The zero-order chi connectivity index (χ0) is 14.1.